The number of rotatable bonds is 1. The second kappa shape index (κ2) is 4.04. The van der Waals surface area contributed by atoms with Gasteiger partial charge >= 0.3 is 0 Å². The minimum Gasteiger partial charge on any atom is -0.368 e. The monoisotopic (exact) mass is 202 g/mol. The van der Waals surface area contributed by atoms with Gasteiger partial charge in [-0.25, -0.2) is 4.68 Å². The number of carbonyl (C=O) groups is 1. The van der Waals surface area contributed by atoms with E-state index >= 15 is 0 Å². The highest BCUT2D eigenvalue weighted by Crippen LogP contribution is 2.04. The maximum atomic E-state index is 10.9. The molecule has 0 unspecified atom stereocenters. The van der Waals surface area contributed by atoms with Crippen molar-refractivity contribution < 1.29 is 4.79 Å². The van der Waals surface area contributed by atoms with Crippen LogP contribution < -0.4 is 5.73 Å². The number of Topliss-reactive ketones (excluding diaryl/α,β-unsaturated/α-hetero) is 1. The van der Waals surface area contributed by atoms with Gasteiger partial charge in [-0.15, -0.1) is 12.4 Å². The third-order valence-corrected chi connectivity index (χ3v) is 1.53. The lowest BCUT2D eigenvalue weighted by molar-refractivity contribution is 0.101. The number of nitrogens with one attached hydrogen (secondary N) is 1. The number of ketones is 1. The second-order valence-electron chi connectivity index (χ2n) is 2.51. The Labute approximate surface area is 81.8 Å². The summed E-state index contributed by atoms with van der Waals surface area (Å²) in [5.74, 6) is -0.259. The number of nitrogens with zero attached hydrogens (tertiary/aromatic N) is 2. The predicted molar refractivity (Wildman–Crippen MR) is 51.5 cm³/mol. The van der Waals surface area contributed by atoms with Crippen LogP contribution in [0.1, 0.15) is 23.0 Å². The van der Waals surface area contributed by atoms with Crippen LogP contribution in [0.3, 0.4) is 0 Å². The van der Waals surface area contributed by atoms with Crippen molar-refractivity contribution in [1.29, 1.82) is 5.41 Å². The minimum absolute atomic E-state index is 0. The quantitative estimate of drug-likeness (QED) is 0.396. The molecule has 1 aromatic heterocycles. The number of carbonyl (C=O) groups excluding carboxylic acids is 1. The van der Waals surface area contributed by atoms with Crippen molar-refractivity contribution in [3.05, 3.63) is 17.5 Å². The highest BCUT2D eigenvalue weighted by atomic mass is 35.5. The zero-order valence-electron chi connectivity index (χ0n) is 7.37. The van der Waals surface area contributed by atoms with E-state index in [9.17, 15) is 4.79 Å². The van der Waals surface area contributed by atoms with Gasteiger partial charge in [0.1, 0.15) is 0 Å². The Morgan fingerprint density at radius 2 is 2.23 bits per heavy atom. The molecule has 0 spiro atoms. The molecule has 0 saturated heterocycles. The van der Waals surface area contributed by atoms with Gasteiger partial charge in [0.05, 0.1) is 11.3 Å². The van der Waals surface area contributed by atoms with Crippen molar-refractivity contribution in [2.24, 2.45) is 5.73 Å². The van der Waals surface area contributed by atoms with Crippen molar-refractivity contribution >= 4 is 24.1 Å². The molecule has 0 aliphatic carbocycles. The summed E-state index contributed by atoms with van der Waals surface area (Å²) in [5.41, 5.74) is 6.27. The standard InChI is InChI=1S/C7H10N4O.ClH/c1-4-6(5(2)12)3-11(10-4)7(8)9;/h3H,1-2H3,(H3,8,9);1H. The molecule has 0 fully saturated rings. The normalized spacial score (nSPS) is 9.08. The van der Waals surface area contributed by atoms with Crippen LogP contribution in [0.15, 0.2) is 6.20 Å². The predicted octanol–water partition coefficient (Wildman–Crippen LogP) is 0.557. The van der Waals surface area contributed by atoms with Gasteiger partial charge in [-0.05, 0) is 13.8 Å². The molecule has 1 rings (SSSR count). The van der Waals surface area contributed by atoms with Crippen LogP contribution in [-0.2, 0) is 0 Å². The van der Waals surface area contributed by atoms with Gasteiger partial charge in [-0.1, -0.05) is 0 Å². The van der Waals surface area contributed by atoms with Crippen molar-refractivity contribution in [2.45, 2.75) is 13.8 Å². The molecule has 0 amide bonds. The van der Waals surface area contributed by atoms with Crippen LogP contribution >= 0.6 is 12.4 Å². The fraction of sp³-hybridized carbons (Fsp3) is 0.286. The molecule has 0 bridgehead atoms. The van der Waals surface area contributed by atoms with Crippen molar-refractivity contribution in [1.82, 2.24) is 9.78 Å². The number of nitrogen functional groups attached to an aromatic ring is 1. The molecular formula is C7H11ClN4O. The number of aromatic nitrogens is 2. The maximum absolute atomic E-state index is 10.9. The molecule has 0 saturated carbocycles. The van der Waals surface area contributed by atoms with E-state index in [0.29, 0.717) is 11.3 Å². The van der Waals surface area contributed by atoms with Crippen LogP contribution in [0.25, 0.3) is 0 Å². The molecule has 0 radical (unpaired) electrons. The van der Waals surface area contributed by atoms with E-state index in [1.165, 1.54) is 17.8 Å². The molecule has 1 heterocycles. The second-order valence-corrected chi connectivity index (χ2v) is 2.51. The molecule has 0 aliphatic heterocycles. The van der Waals surface area contributed by atoms with Crippen LogP contribution in [0.4, 0.5) is 0 Å². The third-order valence-electron chi connectivity index (χ3n) is 1.53. The van der Waals surface area contributed by atoms with Crippen molar-refractivity contribution in [3.8, 4) is 0 Å². The summed E-state index contributed by atoms with van der Waals surface area (Å²) in [6, 6.07) is 0. The third kappa shape index (κ3) is 2.29. The lowest BCUT2D eigenvalue weighted by atomic mass is 10.2. The molecular weight excluding hydrogens is 192 g/mol. The largest absolute Gasteiger partial charge is 0.368 e. The summed E-state index contributed by atoms with van der Waals surface area (Å²) < 4.78 is 1.17. The highest BCUT2D eigenvalue weighted by Gasteiger charge is 2.09. The molecule has 1 aromatic rings. The SMILES string of the molecule is CC(=O)c1cn(C(=N)N)nc1C.Cl. The first-order valence-electron chi connectivity index (χ1n) is 3.44. The zero-order chi connectivity index (χ0) is 9.30. The summed E-state index contributed by atoms with van der Waals surface area (Å²) in [6.07, 6.45) is 1.46. The van der Waals surface area contributed by atoms with Crippen molar-refractivity contribution in [2.75, 3.05) is 0 Å². The average molecular weight is 203 g/mol. The topological polar surface area (TPSA) is 84.8 Å². The zero-order valence-corrected chi connectivity index (χ0v) is 8.18. The first kappa shape index (κ1) is 11.6. The number of nitrogens with two attached hydrogens (primary N) is 1. The minimum atomic E-state index is -0.189. The lowest BCUT2D eigenvalue weighted by Crippen LogP contribution is -2.20. The van der Waals surface area contributed by atoms with Gasteiger partial charge in [-0.3, -0.25) is 10.2 Å². The number of hydrogen-bond donors (Lipinski definition) is 2. The summed E-state index contributed by atoms with van der Waals surface area (Å²) >= 11 is 0. The fourth-order valence-corrected chi connectivity index (χ4v) is 0.929. The molecule has 0 aliphatic rings. The van der Waals surface area contributed by atoms with Gasteiger partial charge < -0.3 is 5.73 Å². The Morgan fingerprint density at radius 3 is 2.46 bits per heavy atom. The summed E-state index contributed by atoms with van der Waals surface area (Å²) in [6.45, 7) is 3.16. The van der Waals surface area contributed by atoms with Crippen molar-refractivity contribution in [3.63, 3.8) is 0 Å². The lowest BCUT2D eigenvalue weighted by Gasteiger charge is -1.92. The first-order valence-corrected chi connectivity index (χ1v) is 3.44. The van der Waals surface area contributed by atoms with E-state index in [0.717, 1.165) is 0 Å². The summed E-state index contributed by atoms with van der Waals surface area (Å²) in [7, 11) is 0. The molecule has 3 N–H and O–H groups in total. The Bertz CT molecular complexity index is 344. The van der Waals surface area contributed by atoms with E-state index in [1.807, 2.05) is 0 Å². The van der Waals surface area contributed by atoms with Gasteiger partial charge in [0, 0.05) is 6.20 Å². The van der Waals surface area contributed by atoms with E-state index in [4.69, 9.17) is 11.1 Å². The molecule has 5 nitrogen and oxygen atoms in total. The van der Waals surface area contributed by atoms with Crippen LogP contribution in [0.2, 0.25) is 0 Å². The van der Waals surface area contributed by atoms with Crippen LogP contribution in [0.5, 0.6) is 0 Å². The Morgan fingerprint density at radius 1 is 1.69 bits per heavy atom. The molecule has 72 valence electrons. The van der Waals surface area contributed by atoms with E-state index in [2.05, 4.69) is 5.10 Å². The van der Waals surface area contributed by atoms with E-state index < -0.39 is 0 Å². The van der Waals surface area contributed by atoms with Crippen LogP contribution in [0, 0.1) is 12.3 Å². The highest BCUT2D eigenvalue weighted by molar-refractivity contribution is 5.95. The van der Waals surface area contributed by atoms with E-state index in [-0.39, 0.29) is 24.1 Å². The van der Waals surface area contributed by atoms with Crippen LogP contribution in [-0.4, -0.2) is 21.5 Å². The van der Waals surface area contributed by atoms with Gasteiger partial charge in [0.2, 0.25) is 5.96 Å². The molecule has 6 heteroatoms. The number of halogens is 1. The number of aryl methyl sites for hydroxylation is 1. The first-order chi connectivity index (χ1) is 5.52. The average Bonchev–Trinajstić information content (AvgIpc) is 2.30. The summed E-state index contributed by atoms with van der Waals surface area (Å²) in [5, 5.41) is 10.9. The number of hydrogen-bond acceptors (Lipinski definition) is 3. The van der Waals surface area contributed by atoms with Gasteiger partial charge in [0.15, 0.2) is 5.78 Å². The molecule has 0 aromatic carbocycles. The Kier molecular flexibility index (Phi) is 3.62. The Hall–Kier alpha value is -1.36. The smallest absolute Gasteiger partial charge is 0.213 e. The Balaban J connectivity index is 0.00000144. The molecule has 13 heavy (non-hydrogen) atoms. The molecule has 0 atom stereocenters. The maximum Gasteiger partial charge on any atom is 0.213 e. The van der Waals surface area contributed by atoms with Gasteiger partial charge in [0.25, 0.3) is 0 Å². The van der Waals surface area contributed by atoms with Gasteiger partial charge in [-0.2, -0.15) is 5.10 Å². The van der Waals surface area contributed by atoms with E-state index in [1.54, 1.807) is 6.92 Å². The summed E-state index contributed by atoms with van der Waals surface area (Å²) in [4.78, 5) is 10.9. The fourth-order valence-electron chi connectivity index (χ4n) is 0.929.